The smallest absolute Gasteiger partial charge is 0.344 e. The number of pyridine rings is 1. The van der Waals surface area contributed by atoms with Gasteiger partial charge in [-0.15, -0.1) is 11.3 Å². The fourth-order valence-electron chi connectivity index (χ4n) is 3.22. The number of carbonyl (C=O) groups is 1. The van der Waals surface area contributed by atoms with Gasteiger partial charge in [0.15, 0.2) is 17.1 Å². The molecule has 0 saturated carbocycles. The molecule has 0 aliphatic carbocycles. The van der Waals surface area contributed by atoms with E-state index in [0.29, 0.717) is 39.5 Å². The van der Waals surface area contributed by atoms with E-state index in [1.165, 1.54) is 0 Å². The fraction of sp³-hybridized carbons (Fsp3) is 0.190. The van der Waals surface area contributed by atoms with E-state index in [9.17, 15) is 4.79 Å². The lowest BCUT2D eigenvalue weighted by Crippen LogP contribution is -2.10. The molecule has 0 fully saturated rings. The van der Waals surface area contributed by atoms with Gasteiger partial charge in [-0.1, -0.05) is 6.07 Å². The van der Waals surface area contributed by atoms with Gasteiger partial charge in [-0.25, -0.2) is 14.5 Å². The summed E-state index contributed by atoms with van der Waals surface area (Å²) in [5.41, 5.74) is 1.79. The minimum absolute atomic E-state index is 0.108. The Bertz CT molecular complexity index is 1210. The zero-order chi connectivity index (χ0) is 20.0. The first-order valence-corrected chi connectivity index (χ1v) is 10.0. The molecule has 0 bridgehead atoms. The van der Waals surface area contributed by atoms with Crippen LogP contribution in [0.25, 0.3) is 21.6 Å². The second kappa shape index (κ2) is 6.89. The van der Waals surface area contributed by atoms with Gasteiger partial charge in [0.05, 0.1) is 27.7 Å². The first-order valence-electron chi connectivity index (χ1n) is 9.14. The van der Waals surface area contributed by atoms with Crippen LogP contribution >= 0.6 is 11.3 Å². The predicted octanol–water partition coefficient (Wildman–Crippen LogP) is 4.69. The molecule has 7 nitrogen and oxygen atoms in total. The van der Waals surface area contributed by atoms with E-state index in [1.54, 1.807) is 41.8 Å². The van der Waals surface area contributed by atoms with Gasteiger partial charge in [0.2, 0.25) is 6.79 Å². The lowest BCUT2D eigenvalue weighted by atomic mass is 10.1. The van der Waals surface area contributed by atoms with Crippen LogP contribution in [0.5, 0.6) is 17.2 Å². The lowest BCUT2D eigenvalue weighted by Gasteiger charge is -2.10. The highest BCUT2D eigenvalue weighted by Gasteiger charge is 2.21. The third kappa shape index (κ3) is 3.11. The normalized spacial score (nSPS) is 12.7. The molecule has 5 rings (SSSR count). The van der Waals surface area contributed by atoms with E-state index < -0.39 is 5.97 Å². The average molecular weight is 407 g/mol. The number of esters is 1. The predicted molar refractivity (Wildman–Crippen MR) is 109 cm³/mol. The standard InChI is InChI=1S/C21H17N3O4S/c1-12(2)24-20-15(10-22-24)14(9-16(23-20)19-4-3-7-29-19)21(25)28-13-5-6-17-18(8-13)27-11-26-17/h3-10,12H,11H2,1-2H3. The molecule has 0 atom stereocenters. The van der Waals surface area contributed by atoms with Crippen LogP contribution in [0.15, 0.2) is 48.0 Å². The van der Waals surface area contributed by atoms with E-state index in [2.05, 4.69) is 5.10 Å². The fourth-order valence-corrected chi connectivity index (χ4v) is 3.90. The van der Waals surface area contributed by atoms with E-state index in [4.69, 9.17) is 19.2 Å². The molecule has 3 aromatic heterocycles. The average Bonchev–Trinajstić information content (AvgIpc) is 3.45. The second-order valence-electron chi connectivity index (χ2n) is 6.86. The van der Waals surface area contributed by atoms with Gasteiger partial charge >= 0.3 is 5.97 Å². The van der Waals surface area contributed by atoms with Gasteiger partial charge in [-0.2, -0.15) is 5.10 Å². The third-order valence-electron chi connectivity index (χ3n) is 4.60. The Morgan fingerprint density at radius 2 is 2.07 bits per heavy atom. The van der Waals surface area contributed by atoms with Crippen LogP contribution in [0, 0.1) is 0 Å². The Morgan fingerprint density at radius 3 is 2.86 bits per heavy atom. The maximum absolute atomic E-state index is 13.1. The molecule has 1 aliphatic rings. The van der Waals surface area contributed by atoms with Gasteiger partial charge < -0.3 is 14.2 Å². The Kier molecular flexibility index (Phi) is 4.21. The summed E-state index contributed by atoms with van der Waals surface area (Å²) in [7, 11) is 0. The number of hydrogen-bond acceptors (Lipinski definition) is 7. The summed E-state index contributed by atoms with van der Waals surface area (Å²) in [6.45, 7) is 4.21. The molecule has 0 N–H and O–H groups in total. The summed E-state index contributed by atoms with van der Waals surface area (Å²) in [4.78, 5) is 18.8. The molecule has 0 unspecified atom stereocenters. The van der Waals surface area contributed by atoms with Gasteiger partial charge in [0.1, 0.15) is 5.75 Å². The first kappa shape index (κ1) is 17.7. The molecular formula is C21H17N3O4S. The van der Waals surface area contributed by atoms with Gasteiger partial charge in [0.25, 0.3) is 0 Å². The lowest BCUT2D eigenvalue weighted by molar-refractivity contribution is 0.0736. The highest BCUT2D eigenvalue weighted by atomic mass is 32.1. The summed E-state index contributed by atoms with van der Waals surface area (Å²) in [6.07, 6.45) is 1.66. The van der Waals surface area contributed by atoms with Crippen molar-refractivity contribution in [2.24, 2.45) is 0 Å². The van der Waals surface area contributed by atoms with Crippen molar-refractivity contribution in [3.05, 3.63) is 53.5 Å². The van der Waals surface area contributed by atoms with Gasteiger partial charge in [-0.05, 0) is 43.5 Å². The molecule has 29 heavy (non-hydrogen) atoms. The van der Waals surface area contributed by atoms with Crippen LogP contribution in [-0.2, 0) is 0 Å². The van der Waals surface area contributed by atoms with Crippen LogP contribution < -0.4 is 14.2 Å². The molecule has 4 heterocycles. The quantitative estimate of drug-likeness (QED) is 0.361. The molecule has 0 spiro atoms. The highest BCUT2D eigenvalue weighted by molar-refractivity contribution is 7.13. The van der Waals surface area contributed by atoms with Gasteiger partial charge in [-0.3, -0.25) is 0 Å². The summed E-state index contributed by atoms with van der Waals surface area (Å²) in [5, 5.41) is 7.06. The molecule has 0 amide bonds. The van der Waals surface area contributed by atoms with E-state index in [1.807, 2.05) is 36.0 Å². The maximum Gasteiger partial charge on any atom is 0.344 e. The van der Waals surface area contributed by atoms with Crippen molar-refractivity contribution in [3.63, 3.8) is 0 Å². The Balaban J connectivity index is 1.58. The molecule has 1 aromatic carbocycles. The maximum atomic E-state index is 13.1. The second-order valence-corrected chi connectivity index (χ2v) is 7.80. The number of ether oxygens (including phenoxy) is 3. The zero-order valence-electron chi connectivity index (χ0n) is 15.8. The Hall–Kier alpha value is -3.39. The SMILES string of the molecule is CC(C)n1ncc2c(C(=O)Oc3ccc4c(c3)OCO4)cc(-c3cccs3)nc21. The summed E-state index contributed by atoms with van der Waals surface area (Å²) in [6, 6.07) is 10.9. The number of aromatic nitrogens is 3. The van der Waals surface area contributed by atoms with Gasteiger partial charge in [0, 0.05) is 12.1 Å². The minimum atomic E-state index is -0.475. The molecule has 0 radical (unpaired) electrons. The van der Waals surface area contributed by atoms with Crippen molar-refractivity contribution < 1.29 is 19.0 Å². The number of nitrogens with zero attached hydrogens (tertiary/aromatic N) is 3. The summed E-state index contributed by atoms with van der Waals surface area (Å²) < 4.78 is 18.1. The van der Waals surface area contributed by atoms with Crippen LogP contribution in [0.2, 0.25) is 0 Å². The van der Waals surface area contributed by atoms with Crippen LogP contribution in [0.4, 0.5) is 0 Å². The largest absolute Gasteiger partial charge is 0.454 e. The van der Waals surface area contributed by atoms with Crippen molar-refractivity contribution in [3.8, 4) is 27.8 Å². The first-order chi connectivity index (χ1) is 14.1. The van der Waals surface area contributed by atoms with E-state index in [-0.39, 0.29) is 12.8 Å². The summed E-state index contributed by atoms with van der Waals surface area (Å²) in [5.74, 6) is 1.10. The number of rotatable bonds is 4. The molecular weight excluding hydrogens is 390 g/mol. The Morgan fingerprint density at radius 1 is 1.21 bits per heavy atom. The molecule has 4 aromatic rings. The van der Waals surface area contributed by atoms with Crippen molar-refractivity contribution in [2.75, 3.05) is 6.79 Å². The van der Waals surface area contributed by atoms with Crippen molar-refractivity contribution >= 4 is 28.3 Å². The van der Waals surface area contributed by atoms with Crippen LogP contribution in [0.1, 0.15) is 30.2 Å². The van der Waals surface area contributed by atoms with E-state index >= 15 is 0 Å². The minimum Gasteiger partial charge on any atom is -0.454 e. The van der Waals surface area contributed by atoms with Crippen LogP contribution in [0.3, 0.4) is 0 Å². The number of hydrogen-bond donors (Lipinski definition) is 0. The number of benzene rings is 1. The van der Waals surface area contributed by atoms with E-state index in [0.717, 1.165) is 4.88 Å². The third-order valence-corrected chi connectivity index (χ3v) is 5.50. The Labute approximate surface area is 170 Å². The van der Waals surface area contributed by atoms with Crippen molar-refractivity contribution in [2.45, 2.75) is 19.9 Å². The zero-order valence-corrected chi connectivity index (χ0v) is 16.6. The monoisotopic (exact) mass is 407 g/mol. The number of fused-ring (bicyclic) bond motifs is 2. The highest BCUT2D eigenvalue weighted by Crippen LogP contribution is 2.36. The number of carbonyl (C=O) groups excluding carboxylic acids is 1. The molecule has 0 saturated heterocycles. The number of thiophene rings is 1. The molecule has 8 heteroatoms. The van der Waals surface area contributed by atoms with Crippen LogP contribution in [-0.4, -0.2) is 27.5 Å². The van der Waals surface area contributed by atoms with Crippen molar-refractivity contribution in [1.82, 2.24) is 14.8 Å². The topological polar surface area (TPSA) is 75.5 Å². The van der Waals surface area contributed by atoms with Crippen molar-refractivity contribution in [1.29, 1.82) is 0 Å². The molecule has 1 aliphatic heterocycles. The summed E-state index contributed by atoms with van der Waals surface area (Å²) >= 11 is 1.56. The molecule has 146 valence electrons.